The van der Waals surface area contributed by atoms with Gasteiger partial charge in [0.25, 0.3) is 0 Å². The van der Waals surface area contributed by atoms with Crippen LogP contribution in [0.25, 0.3) is 10.9 Å². The highest BCUT2D eigenvalue weighted by molar-refractivity contribution is 6.32. The van der Waals surface area contributed by atoms with Gasteiger partial charge in [-0.1, -0.05) is 11.6 Å². The number of aryl methyl sites for hydroxylation is 1. The zero-order valence-electron chi connectivity index (χ0n) is 18.5. The Bertz CT molecular complexity index is 1410. The second-order valence-corrected chi connectivity index (χ2v) is 7.80. The fourth-order valence-corrected chi connectivity index (χ4v) is 3.46. The van der Waals surface area contributed by atoms with E-state index in [1.54, 1.807) is 30.1 Å². The number of benzene rings is 2. The Kier molecular flexibility index (Phi) is 7.10. The maximum atomic E-state index is 14.3. The number of aromatic nitrogens is 4. The van der Waals surface area contributed by atoms with E-state index in [1.807, 2.05) is 6.07 Å². The third-order valence-corrected chi connectivity index (χ3v) is 5.19. The highest BCUT2D eigenvalue weighted by Gasteiger charge is 2.32. The molecule has 2 aromatic carbocycles. The molecule has 0 aliphatic carbocycles. The summed E-state index contributed by atoms with van der Waals surface area (Å²) in [5.74, 6) is -1.64. The number of hydrogen-bond acceptors (Lipinski definition) is 7. The van der Waals surface area contributed by atoms with E-state index in [1.165, 1.54) is 6.07 Å². The lowest BCUT2D eigenvalue weighted by Crippen LogP contribution is -2.19. The molecular weight excluding hydrogens is 506 g/mol. The second-order valence-electron chi connectivity index (χ2n) is 7.40. The molecule has 0 atom stereocenters. The molecule has 0 aliphatic heterocycles. The Labute approximate surface area is 206 Å². The molecule has 0 spiro atoms. The minimum atomic E-state index is -4.90. The molecule has 14 heteroatoms. The number of halogens is 5. The Balaban J connectivity index is 1.48. The van der Waals surface area contributed by atoms with E-state index in [0.29, 0.717) is 12.2 Å². The molecule has 0 aliphatic rings. The molecule has 0 unspecified atom stereocenters. The number of fused-ring (bicyclic) bond motifs is 1. The van der Waals surface area contributed by atoms with Crippen molar-refractivity contribution in [2.45, 2.75) is 19.3 Å². The van der Waals surface area contributed by atoms with E-state index in [9.17, 15) is 22.4 Å². The Morgan fingerprint density at radius 3 is 2.58 bits per heavy atom. The highest BCUT2D eigenvalue weighted by atomic mass is 35.5. The first-order valence-electron chi connectivity index (χ1n) is 10.4. The van der Waals surface area contributed by atoms with Crippen molar-refractivity contribution in [3.63, 3.8) is 0 Å². The summed E-state index contributed by atoms with van der Waals surface area (Å²) in [5, 5.41) is 12.9. The molecule has 36 heavy (non-hydrogen) atoms. The third kappa shape index (κ3) is 6.10. The van der Waals surface area contributed by atoms with E-state index in [0.717, 1.165) is 29.2 Å². The maximum absolute atomic E-state index is 14.3. The maximum Gasteiger partial charge on any atom is 0.573 e. The van der Waals surface area contributed by atoms with Crippen LogP contribution in [0.5, 0.6) is 5.75 Å². The minimum absolute atomic E-state index is 0.0633. The quantitative estimate of drug-likeness (QED) is 0.275. The van der Waals surface area contributed by atoms with Crippen LogP contribution in [0.2, 0.25) is 5.02 Å². The van der Waals surface area contributed by atoms with Crippen LogP contribution in [0.4, 0.5) is 40.7 Å². The summed E-state index contributed by atoms with van der Waals surface area (Å²) in [5.41, 5.74) is 1.60. The van der Waals surface area contributed by atoms with Gasteiger partial charge in [0, 0.05) is 30.2 Å². The molecule has 0 radical (unpaired) electrons. The zero-order chi connectivity index (χ0) is 25.9. The van der Waals surface area contributed by atoms with Gasteiger partial charge in [-0.3, -0.25) is 9.48 Å². The summed E-state index contributed by atoms with van der Waals surface area (Å²) in [6.07, 6.45) is -2.02. The highest BCUT2D eigenvalue weighted by Crippen LogP contribution is 2.33. The number of alkyl halides is 3. The predicted octanol–water partition coefficient (Wildman–Crippen LogP) is 5.14. The van der Waals surface area contributed by atoms with Crippen LogP contribution in [0.1, 0.15) is 6.42 Å². The molecule has 188 valence electrons. The number of amides is 1. The number of carbonyl (C=O) groups is 1. The van der Waals surface area contributed by atoms with Crippen molar-refractivity contribution < 1.29 is 27.1 Å². The van der Waals surface area contributed by atoms with Gasteiger partial charge in [0.2, 0.25) is 11.9 Å². The molecular formula is C22H18ClF4N7O2. The molecule has 0 fully saturated rings. The van der Waals surface area contributed by atoms with E-state index in [4.69, 9.17) is 11.6 Å². The first-order valence-corrected chi connectivity index (χ1v) is 10.8. The number of hydrogen-bond donors (Lipinski definition) is 3. The van der Waals surface area contributed by atoms with Gasteiger partial charge in [-0.15, -0.1) is 13.2 Å². The first-order chi connectivity index (χ1) is 17.1. The summed E-state index contributed by atoms with van der Waals surface area (Å²) in [4.78, 5) is 19.5. The molecule has 9 nitrogen and oxygen atoms in total. The Hall–Kier alpha value is -4.13. The molecule has 0 bridgehead atoms. The number of anilines is 4. The smallest absolute Gasteiger partial charge is 0.404 e. The van der Waals surface area contributed by atoms with Crippen LogP contribution in [0, 0.1) is 5.82 Å². The molecule has 4 aromatic rings. The average molecular weight is 524 g/mol. The normalized spacial score (nSPS) is 11.4. The third-order valence-electron chi connectivity index (χ3n) is 4.89. The van der Waals surface area contributed by atoms with Gasteiger partial charge < -0.3 is 20.7 Å². The molecule has 1 amide bonds. The van der Waals surface area contributed by atoms with Crippen LogP contribution in [-0.2, 0) is 11.3 Å². The topological polar surface area (TPSA) is 106 Å². The molecule has 2 heterocycles. The van der Waals surface area contributed by atoms with Gasteiger partial charge in [0.15, 0.2) is 11.6 Å². The summed E-state index contributed by atoms with van der Waals surface area (Å²) in [6.45, 7) is 0.416. The predicted molar refractivity (Wildman–Crippen MR) is 125 cm³/mol. The van der Waals surface area contributed by atoms with Crippen molar-refractivity contribution >= 4 is 51.6 Å². The fraction of sp³-hybridized carbons (Fsp3) is 0.182. The van der Waals surface area contributed by atoms with Gasteiger partial charge in [0.1, 0.15) is 5.75 Å². The number of ether oxygens (including phenoxy) is 1. The van der Waals surface area contributed by atoms with Crippen molar-refractivity contribution in [1.82, 2.24) is 25.1 Å². The fourth-order valence-electron chi connectivity index (χ4n) is 3.24. The lowest BCUT2D eigenvalue weighted by Gasteiger charge is -2.13. The van der Waals surface area contributed by atoms with Crippen LogP contribution in [-0.4, -0.2) is 39.1 Å². The molecule has 2 aromatic heterocycles. The summed E-state index contributed by atoms with van der Waals surface area (Å²) >= 11 is 5.84. The van der Waals surface area contributed by atoms with E-state index >= 15 is 0 Å². The summed E-state index contributed by atoms with van der Waals surface area (Å²) < 4.78 is 57.1. The van der Waals surface area contributed by atoms with E-state index in [-0.39, 0.29) is 34.8 Å². The van der Waals surface area contributed by atoms with Crippen LogP contribution in [0.3, 0.4) is 0 Å². The monoisotopic (exact) mass is 523 g/mol. The molecule has 0 saturated heterocycles. The Morgan fingerprint density at radius 2 is 1.86 bits per heavy atom. The average Bonchev–Trinajstić information content (AvgIpc) is 3.23. The van der Waals surface area contributed by atoms with Crippen LogP contribution < -0.4 is 20.7 Å². The van der Waals surface area contributed by atoms with Gasteiger partial charge in [-0.2, -0.15) is 10.1 Å². The molecule has 3 N–H and O–H groups in total. The SMILES string of the molecule is CNC(=O)CCn1ncc2cc(Nc3ncc(F)c(Nc4ccc(OC(F)(F)F)c(Cl)c4)n3)ccc21. The summed E-state index contributed by atoms with van der Waals surface area (Å²) in [6, 6.07) is 8.73. The standard InChI is InChI=1S/C22H18ClF4N7O2/c1-28-19(35)6-7-34-17-4-2-13(8-12(17)10-30-34)32-21-29-11-16(24)20(33-21)31-14-3-5-18(15(23)9-14)36-22(25,26)27/h2-5,8-11H,6-7H2,1H3,(H,28,35)(H2,29,31,32,33). The van der Waals surface area contributed by atoms with Gasteiger partial charge in [-0.05, 0) is 36.4 Å². The minimum Gasteiger partial charge on any atom is -0.404 e. The Morgan fingerprint density at radius 1 is 1.11 bits per heavy atom. The number of nitrogens with zero attached hydrogens (tertiary/aromatic N) is 4. The molecule has 0 saturated carbocycles. The lowest BCUT2D eigenvalue weighted by molar-refractivity contribution is -0.274. The lowest BCUT2D eigenvalue weighted by atomic mass is 10.2. The van der Waals surface area contributed by atoms with Crippen molar-refractivity contribution in [3.05, 3.63) is 59.6 Å². The van der Waals surface area contributed by atoms with E-state index in [2.05, 4.69) is 35.8 Å². The number of nitrogens with one attached hydrogen (secondary N) is 3. The van der Waals surface area contributed by atoms with Gasteiger partial charge in [-0.25, -0.2) is 9.37 Å². The molecule has 4 rings (SSSR count). The second kappa shape index (κ2) is 10.2. The van der Waals surface area contributed by atoms with Crippen molar-refractivity contribution in [2.24, 2.45) is 0 Å². The first kappa shape index (κ1) is 25.0. The van der Waals surface area contributed by atoms with Crippen LogP contribution >= 0.6 is 11.6 Å². The van der Waals surface area contributed by atoms with Crippen molar-refractivity contribution in [3.8, 4) is 5.75 Å². The van der Waals surface area contributed by atoms with E-state index < -0.39 is 17.9 Å². The van der Waals surface area contributed by atoms with Gasteiger partial charge >= 0.3 is 6.36 Å². The van der Waals surface area contributed by atoms with Crippen LogP contribution in [0.15, 0.2) is 48.8 Å². The van der Waals surface area contributed by atoms with Gasteiger partial charge in [0.05, 0.1) is 29.5 Å². The largest absolute Gasteiger partial charge is 0.573 e. The van der Waals surface area contributed by atoms with Crippen molar-refractivity contribution in [2.75, 3.05) is 17.7 Å². The summed E-state index contributed by atoms with van der Waals surface area (Å²) in [7, 11) is 1.57. The van der Waals surface area contributed by atoms with Crippen molar-refractivity contribution in [1.29, 1.82) is 0 Å². The number of carbonyl (C=O) groups excluding carboxylic acids is 1. The zero-order valence-corrected chi connectivity index (χ0v) is 19.3. The number of rotatable bonds is 8.